The Morgan fingerprint density at radius 1 is 1.50 bits per heavy atom. The monoisotopic (exact) mass is 269 g/mol. The molecule has 5 heteroatoms. The Morgan fingerprint density at radius 3 is 2.67 bits per heavy atom. The summed E-state index contributed by atoms with van der Waals surface area (Å²) in [4.78, 5) is 13.1. The summed E-state index contributed by atoms with van der Waals surface area (Å²) >= 11 is 6.09. The largest absolute Gasteiger partial charge is 0.366 e. The van der Waals surface area contributed by atoms with E-state index in [1.807, 2.05) is 20.2 Å². The zero-order valence-electron chi connectivity index (χ0n) is 11.0. The third-order valence-corrected chi connectivity index (χ3v) is 3.33. The van der Waals surface area contributed by atoms with Gasteiger partial charge >= 0.3 is 0 Å². The van der Waals surface area contributed by atoms with Gasteiger partial charge in [-0.05, 0) is 38.7 Å². The second-order valence-electron chi connectivity index (χ2n) is 4.61. The number of nitrogens with zero attached hydrogens (tertiary/aromatic N) is 1. The second-order valence-corrected chi connectivity index (χ2v) is 5.02. The number of hydrogen-bond acceptors (Lipinski definition) is 3. The smallest absolute Gasteiger partial charge is 0.248 e. The van der Waals surface area contributed by atoms with Crippen molar-refractivity contribution in [3.63, 3.8) is 0 Å². The molecule has 4 nitrogen and oxygen atoms in total. The second kappa shape index (κ2) is 6.73. The van der Waals surface area contributed by atoms with E-state index in [-0.39, 0.29) is 0 Å². The fourth-order valence-corrected chi connectivity index (χ4v) is 1.69. The number of halogens is 1. The molecule has 0 aromatic heterocycles. The normalized spacial score (nSPS) is 12.7. The van der Waals surface area contributed by atoms with E-state index < -0.39 is 5.91 Å². The molecule has 1 atom stereocenters. The Bertz CT molecular complexity index is 421. The van der Waals surface area contributed by atoms with Gasteiger partial charge in [-0.2, -0.15) is 0 Å². The molecule has 0 spiro atoms. The highest BCUT2D eigenvalue weighted by Gasteiger charge is 2.07. The number of carbonyl (C=O) groups excluding carboxylic acids is 1. The van der Waals surface area contributed by atoms with Crippen molar-refractivity contribution in [1.29, 1.82) is 0 Å². The van der Waals surface area contributed by atoms with E-state index in [2.05, 4.69) is 17.1 Å². The number of primary amides is 1. The van der Waals surface area contributed by atoms with Gasteiger partial charge in [-0.3, -0.25) is 4.79 Å². The van der Waals surface area contributed by atoms with Gasteiger partial charge in [-0.15, -0.1) is 0 Å². The summed E-state index contributed by atoms with van der Waals surface area (Å²) < 4.78 is 0. The average Bonchev–Trinajstić information content (AvgIpc) is 2.30. The molecule has 0 bridgehead atoms. The number of likely N-dealkylation sites (N-methyl/N-ethyl adjacent to an activating group) is 1. The number of hydrogen-bond donors (Lipinski definition) is 2. The molecule has 1 aromatic carbocycles. The van der Waals surface area contributed by atoms with E-state index in [0.29, 0.717) is 23.2 Å². The molecule has 3 N–H and O–H groups in total. The van der Waals surface area contributed by atoms with E-state index in [1.165, 1.54) is 0 Å². The lowest BCUT2D eigenvalue weighted by Gasteiger charge is -2.20. The molecule has 0 saturated carbocycles. The van der Waals surface area contributed by atoms with Crippen LogP contribution in [0.2, 0.25) is 5.02 Å². The first kappa shape index (κ1) is 15.0. The molecule has 1 aromatic rings. The summed E-state index contributed by atoms with van der Waals surface area (Å²) in [6, 6.07) is 5.58. The van der Waals surface area contributed by atoms with Crippen molar-refractivity contribution in [1.82, 2.24) is 10.2 Å². The highest BCUT2D eigenvalue weighted by molar-refractivity contribution is 6.31. The lowest BCUT2D eigenvalue weighted by atomic mass is 10.1. The summed E-state index contributed by atoms with van der Waals surface area (Å²) in [7, 11) is 4.09. The maximum absolute atomic E-state index is 11.0. The zero-order valence-corrected chi connectivity index (χ0v) is 11.8. The predicted octanol–water partition coefficient (Wildman–Crippen LogP) is 1.48. The van der Waals surface area contributed by atoms with Gasteiger partial charge in [-0.25, -0.2) is 0 Å². The Balaban J connectivity index is 2.56. The third-order valence-electron chi connectivity index (χ3n) is 2.97. The van der Waals surface area contributed by atoms with Crippen LogP contribution in [-0.4, -0.2) is 37.5 Å². The Morgan fingerprint density at radius 2 is 2.17 bits per heavy atom. The molecule has 1 amide bonds. The molecule has 0 saturated heterocycles. The SMILES string of the molecule is CC(CNCc1ccc(C(N)=O)cc1Cl)N(C)C. The van der Waals surface area contributed by atoms with Gasteiger partial charge in [0.2, 0.25) is 5.91 Å². The number of amides is 1. The summed E-state index contributed by atoms with van der Waals surface area (Å²) in [5.74, 6) is -0.461. The van der Waals surface area contributed by atoms with Crippen molar-refractivity contribution in [3.8, 4) is 0 Å². The summed E-state index contributed by atoms with van der Waals surface area (Å²) in [6.45, 7) is 3.70. The molecular formula is C13H20ClN3O. The number of nitrogens with two attached hydrogens (primary N) is 1. The first-order valence-electron chi connectivity index (χ1n) is 5.87. The fraction of sp³-hybridized carbons (Fsp3) is 0.462. The minimum atomic E-state index is -0.461. The van der Waals surface area contributed by atoms with Gasteiger partial charge in [0, 0.05) is 29.7 Å². The maximum Gasteiger partial charge on any atom is 0.248 e. The number of benzene rings is 1. The summed E-state index contributed by atoms with van der Waals surface area (Å²) in [5.41, 5.74) is 6.59. The molecule has 1 rings (SSSR count). The molecule has 0 radical (unpaired) electrons. The van der Waals surface area contributed by atoms with Crippen LogP contribution >= 0.6 is 11.6 Å². The van der Waals surface area contributed by atoms with E-state index in [0.717, 1.165) is 12.1 Å². The quantitative estimate of drug-likeness (QED) is 0.822. The van der Waals surface area contributed by atoms with Gasteiger partial charge in [0.05, 0.1) is 0 Å². The molecule has 0 aliphatic heterocycles. The van der Waals surface area contributed by atoms with Crippen LogP contribution in [0.15, 0.2) is 18.2 Å². The molecule has 0 heterocycles. The first-order valence-corrected chi connectivity index (χ1v) is 6.25. The van der Waals surface area contributed by atoms with Gasteiger partial charge in [0.25, 0.3) is 0 Å². The molecule has 0 aliphatic rings. The van der Waals surface area contributed by atoms with Crippen LogP contribution in [-0.2, 0) is 6.54 Å². The highest BCUT2D eigenvalue weighted by atomic mass is 35.5. The summed E-state index contributed by atoms with van der Waals surface area (Å²) in [6.07, 6.45) is 0. The molecule has 100 valence electrons. The molecule has 1 unspecified atom stereocenters. The lowest BCUT2D eigenvalue weighted by molar-refractivity contribution is 0.100. The van der Waals surface area contributed by atoms with Crippen molar-refractivity contribution in [3.05, 3.63) is 34.3 Å². The summed E-state index contributed by atoms with van der Waals surface area (Å²) in [5, 5.41) is 3.90. The van der Waals surface area contributed by atoms with Crippen LogP contribution in [0.5, 0.6) is 0 Å². The number of carbonyl (C=O) groups is 1. The van der Waals surface area contributed by atoms with Crippen molar-refractivity contribution in [2.75, 3.05) is 20.6 Å². The van der Waals surface area contributed by atoms with Gasteiger partial charge in [0.15, 0.2) is 0 Å². The van der Waals surface area contributed by atoms with Crippen LogP contribution < -0.4 is 11.1 Å². The van der Waals surface area contributed by atoms with Crippen LogP contribution in [0, 0.1) is 0 Å². The van der Waals surface area contributed by atoms with E-state index >= 15 is 0 Å². The topological polar surface area (TPSA) is 58.4 Å². The van der Waals surface area contributed by atoms with Crippen molar-refractivity contribution >= 4 is 17.5 Å². The Kier molecular flexibility index (Phi) is 5.59. The van der Waals surface area contributed by atoms with Crippen molar-refractivity contribution in [2.24, 2.45) is 5.73 Å². The van der Waals surface area contributed by atoms with Crippen LogP contribution in [0.4, 0.5) is 0 Å². The van der Waals surface area contributed by atoms with Crippen LogP contribution in [0.3, 0.4) is 0 Å². The molecular weight excluding hydrogens is 250 g/mol. The highest BCUT2D eigenvalue weighted by Crippen LogP contribution is 2.17. The Hall–Kier alpha value is -1.10. The van der Waals surface area contributed by atoms with Gasteiger partial charge in [0.1, 0.15) is 0 Å². The van der Waals surface area contributed by atoms with Crippen molar-refractivity contribution in [2.45, 2.75) is 19.5 Å². The molecule has 18 heavy (non-hydrogen) atoms. The molecule has 0 fully saturated rings. The maximum atomic E-state index is 11.0. The van der Waals surface area contributed by atoms with Crippen LogP contribution in [0.1, 0.15) is 22.8 Å². The van der Waals surface area contributed by atoms with E-state index in [1.54, 1.807) is 12.1 Å². The lowest BCUT2D eigenvalue weighted by Crippen LogP contribution is -2.35. The fourth-order valence-electron chi connectivity index (χ4n) is 1.44. The third kappa shape index (κ3) is 4.29. The standard InChI is InChI=1S/C13H20ClN3O/c1-9(17(2)3)7-16-8-11-5-4-10(13(15)18)6-12(11)14/h4-6,9,16H,7-8H2,1-3H3,(H2,15,18). The average molecular weight is 270 g/mol. The number of nitrogens with one attached hydrogen (secondary N) is 1. The van der Waals surface area contributed by atoms with Crippen LogP contribution in [0.25, 0.3) is 0 Å². The van der Waals surface area contributed by atoms with E-state index in [9.17, 15) is 4.79 Å². The molecule has 0 aliphatic carbocycles. The van der Waals surface area contributed by atoms with E-state index in [4.69, 9.17) is 17.3 Å². The zero-order chi connectivity index (χ0) is 13.7. The minimum Gasteiger partial charge on any atom is -0.366 e. The Labute approximate surface area is 113 Å². The van der Waals surface area contributed by atoms with Gasteiger partial charge < -0.3 is 16.0 Å². The predicted molar refractivity (Wildman–Crippen MR) is 74.8 cm³/mol. The van der Waals surface area contributed by atoms with Gasteiger partial charge in [-0.1, -0.05) is 17.7 Å². The first-order chi connectivity index (χ1) is 8.41. The van der Waals surface area contributed by atoms with Crippen molar-refractivity contribution < 1.29 is 4.79 Å². The minimum absolute atomic E-state index is 0.436. The number of rotatable bonds is 6.